The molecule has 105 valence electrons. The summed E-state index contributed by atoms with van der Waals surface area (Å²) in [5, 5.41) is 0. The lowest BCUT2D eigenvalue weighted by Gasteiger charge is -2.03. The Morgan fingerprint density at radius 1 is 0.900 bits per heavy atom. The molecule has 3 nitrogen and oxygen atoms in total. The molecular weight excluding hydrogens is 272 g/mol. The van der Waals surface area contributed by atoms with E-state index in [0.717, 1.165) is 24.8 Å². The molecule has 0 saturated heterocycles. The van der Waals surface area contributed by atoms with Crippen LogP contribution in [0.15, 0.2) is 59.5 Å². The predicted molar refractivity (Wildman–Crippen MR) is 79.0 cm³/mol. The van der Waals surface area contributed by atoms with E-state index in [0.29, 0.717) is 0 Å². The van der Waals surface area contributed by atoms with Crippen LogP contribution in [0.25, 0.3) is 0 Å². The van der Waals surface area contributed by atoms with E-state index >= 15 is 0 Å². The first-order chi connectivity index (χ1) is 9.55. The van der Waals surface area contributed by atoms with Gasteiger partial charge >= 0.3 is 0 Å². The van der Waals surface area contributed by atoms with Crippen LogP contribution in [-0.4, -0.2) is 13.0 Å². The highest BCUT2D eigenvalue weighted by Gasteiger charge is 2.08. The van der Waals surface area contributed by atoms with Gasteiger partial charge in [-0.05, 0) is 48.9 Å². The molecule has 0 fully saturated rings. The maximum atomic E-state index is 10.9. The topological polar surface area (TPSA) is 54.4 Å². The molecule has 0 aliphatic rings. The van der Waals surface area contributed by atoms with Crippen molar-refractivity contribution < 1.29 is 13.0 Å². The van der Waals surface area contributed by atoms with Crippen LogP contribution in [-0.2, 0) is 23.0 Å². The SMILES string of the molecule is O=S(=O)(O)c1ccc(CC[CH]Cc2ccccc2)cc1. The zero-order valence-electron chi connectivity index (χ0n) is 11.1. The van der Waals surface area contributed by atoms with E-state index in [4.69, 9.17) is 4.55 Å². The second-order valence-electron chi connectivity index (χ2n) is 4.64. The van der Waals surface area contributed by atoms with Crippen molar-refractivity contribution in [2.45, 2.75) is 24.2 Å². The summed E-state index contributed by atoms with van der Waals surface area (Å²) in [4.78, 5) is -0.0606. The maximum absolute atomic E-state index is 10.9. The normalized spacial score (nSPS) is 11.4. The van der Waals surface area contributed by atoms with Crippen LogP contribution < -0.4 is 0 Å². The van der Waals surface area contributed by atoms with Crippen LogP contribution in [0, 0.1) is 6.42 Å². The molecule has 0 aromatic heterocycles. The molecule has 1 radical (unpaired) electrons. The Hall–Kier alpha value is -1.65. The molecule has 0 aliphatic carbocycles. The second kappa shape index (κ2) is 6.68. The Labute approximate surface area is 120 Å². The van der Waals surface area contributed by atoms with Crippen molar-refractivity contribution in [1.82, 2.24) is 0 Å². The first-order valence-electron chi connectivity index (χ1n) is 6.48. The zero-order valence-corrected chi connectivity index (χ0v) is 11.9. The average molecular weight is 289 g/mol. The Balaban J connectivity index is 1.80. The molecule has 0 heterocycles. The first kappa shape index (κ1) is 14.8. The van der Waals surface area contributed by atoms with E-state index in [-0.39, 0.29) is 4.90 Å². The van der Waals surface area contributed by atoms with Crippen molar-refractivity contribution in [1.29, 1.82) is 0 Å². The van der Waals surface area contributed by atoms with Crippen molar-refractivity contribution in [3.05, 3.63) is 72.1 Å². The number of rotatable bonds is 6. The molecule has 0 bridgehead atoms. The van der Waals surface area contributed by atoms with Crippen LogP contribution in [0.4, 0.5) is 0 Å². The lowest BCUT2D eigenvalue weighted by atomic mass is 10.0. The zero-order chi connectivity index (χ0) is 14.4. The fourth-order valence-corrected chi connectivity index (χ4v) is 2.46. The molecule has 4 heteroatoms. The van der Waals surface area contributed by atoms with Crippen molar-refractivity contribution in [3.8, 4) is 0 Å². The summed E-state index contributed by atoms with van der Waals surface area (Å²) < 4.78 is 30.7. The standard InChI is InChI=1S/C16H17O3S/c17-20(18,19)16-12-10-15(11-13-16)9-5-4-8-14-6-2-1-3-7-14/h1-4,6-7,10-13H,5,8-9H2,(H,17,18,19). The van der Waals surface area contributed by atoms with Gasteiger partial charge in [-0.1, -0.05) is 42.5 Å². The molecule has 2 aromatic rings. The van der Waals surface area contributed by atoms with Gasteiger partial charge < -0.3 is 0 Å². The minimum Gasteiger partial charge on any atom is -0.282 e. The lowest BCUT2D eigenvalue weighted by molar-refractivity contribution is 0.483. The highest BCUT2D eigenvalue weighted by atomic mass is 32.2. The van der Waals surface area contributed by atoms with Crippen LogP contribution in [0.5, 0.6) is 0 Å². The van der Waals surface area contributed by atoms with Crippen molar-refractivity contribution in [3.63, 3.8) is 0 Å². The van der Waals surface area contributed by atoms with Gasteiger partial charge in [0.15, 0.2) is 0 Å². The van der Waals surface area contributed by atoms with E-state index in [1.165, 1.54) is 17.7 Å². The van der Waals surface area contributed by atoms with E-state index in [1.807, 2.05) is 18.2 Å². The van der Waals surface area contributed by atoms with Crippen LogP contribution in [0.1, 0.15) is 17.5 Å². The van der Waals surface area contributed by atoms with Gasteiger partial charge in [0.1, 0.15) is 0 Å². The fraction of sp³-hybridized carbons (Fsp3) is 0.188. The van der Waals surface area contributed by atoms with Crippen molar-refractivity contribution in [2.24, 2.45) is 0 Å². The lowest BCUT2D eigenvalue weighted by Crippen LogP contribution is -1.98. The summed E-state index contributed by atoms with van der Waals surface area (Å²) in [5.74, 6) is 0. The monoisotopic (exact) mass is 289 g/mol. The fourth-order valence-electron chi connectivity index (χ4n) is 1.98. The van der Waals surface area contributed by atoms with Gasteiger partial charge in [0.2, 0.25) is 0 Å². The minimum absolute atomic E-state index is 0.0606. The molecular formula is C16H17O3S. The first-order valence-corrected chi connectivity index (χ1v) is 7.92. The van der Waals surface area contributed by atoms with Gasteiger partial charge in [0, 0.05) is 0 Å². The minimum atomic E-state index is -4.09. The van der Waals surface area contributed by atoms with E-state index in [1.54, 1.807) is 12.1 Å². The summed E-state index contributed by atoms with van der Waals surface area (Å²) in [6.45, 7) is 0. The smallest absolute Gasteiger partial charge is 0.282 e. The van der Waals surface area contributed by atoms with Crippen molar-refractivity contribution in [2.75, 3.05) is 0 Å². The highest BCUT2D eigenvalue weighted by Crippen LogP contribution is 2.12. The van der Waals surface area contributed by atoms with E-state index in [2.05, 4.69) is 18.6 Å². The quantitative estimate of drug-likeness (QED) is 0.655. The summed E-state index contributed by atoms with van der Waals surface area (Å²) in [6.07, 6.45) is 4.94. The molecule has 0 aliphatic heterocycles. The molecule has 0 saturated carbocycles. The third kappa shape index (κ3) is 4.47. The number of hydrogen-bond acceptors (Lipinski definition) is 2. The van der Waals surface area contributed by atoms with E-state index < -0.39 is 10.1 Å². The Morgan fingerprint density at radius 3 is 2.15 bits per heavy atom. The van der Waals surface area contributed by atoms with Gasteiger partial charge in [-0.25, -0.2) is 0 Å². The molecule has 2 rings (SSSR count). The third-order valence-corrected chi connectivity index (χ3v) is 3.95. The van der Waals surface area contributed by atoms with Crippen LogP contribution in [0.2, 0.25) is 0 Å². The third-order valence-electron chi connectivity index (χ3n) is 3.08. The molecule has 1 N–H and O–H groups in total. The highest BCUT2D eigenvalue weighted by molar-refractivity contribution is 7.85. The largest absolute Gasteiger partial charge is 0.294 e. The number of aryl methyl sites for hydroxylation is 1. The Bertz CT molecular complexity index is 631. The number of unbranched alkanes of at least 4 members (excludes halogenated alkanes) is 1. The van der Waals surface area contributed by atoms with Gasteiger partial charge in [-0.2, -0.15) is 8.42 Å². The van der Waals surface area contributed by atoms with Crippen LogP contribution >= 0.6 is 0 Å². The summed E-state index contributed by atoms with van der Waals surface area (Å²) in [5.41, 5.74) is 2.34. The van der Waals surface area contributed by atoms with Gasteiger partial charge in [-0.3, -0.25) is 4.55 Å². The Kier molecular flexibility index (Phi) is 4.93. The van der Waals surface area contributed by atoms with Gasteiger partial charge in [0.05, 0.1) is 4.90 Å². The van der Waals surface area contributed by atoms with E-state index in [9.17, 15) is 8.42 Å². The molecule has 20 heavy (non-hydrogen) atoms. The van der Waals surface area contributed by atoms with Crippen LogP contribution in [0.3, 0.4) is 0 Å². The number of hydrogen-bond donors (Lipinski definition) is 1. The van der Waals surface area contributed by atoms with Crippen molar-refractivity contribution >= 4 is 10.1 Å². The Morgan fingerprint density at radius 2 is 1.55 bits per heavy atom. The average Bonchev–Trinajstić information content (AvgIpc) is 2.44. The summed E-state index contributed by atoms with van der Waals surface area (Å²) in [7, 11) is -4.09. The number of benzene rings is 2. The molecule has 0 spiro atoms. The molecule has 0 amide bonds. The van der Waals surface area contributed by atoms with Gasteiger partial charge in [-0.15, -0.1) is 0 Å². The molecule has 0 atom stereocenters. The van der Waals surface area contributed by atoms with Gasteiger partial charge in [0.25, 0.3) is 10.1 Å². The molecule has 0 unspecified atom stereocenters. The summed E-state index contributed by atoms with van der Waals surface area (Å²) in [6, 6.07) is 16.6. The summed E-state index contributed by atoms with van der Waals surface area (Å²) >= 11 is 0. The predicted octanol–water partition coefficient (Wildman–Crippen LogP) is 3.31. The molecule has 2 aromatic carbocycles. The second-order valence-corrected chi connectivity index (χ2v) is 6.06. The maximum Gasteiger partial charge on any atom is 0.294 e.